The minimum atomic E-state index is -0.411. The smallest absolute Gasteiger partial charge is 0.338 e. The van der Waals surface area contributed by atoms with E-state index in [1.807, 2.05) is 29.2 Å². The molecule has 0 saturated carbocycles. The van der Waals surface area contributed by atoms with Crippen LogP contribution in [0.25, 0.3) is 0 Å². The predicted molar refractivity (Wildman–Crippen MR) is 136 cm³/mol. The Morgan fingerprint density at radius 1 is 0.806 bits per heavy atom. The van der Waals surface area contributed by atoms with Gasteiger partial charge in [0, 0.05) is 50.5 Å². The Labute approximate surface area is 211 Å². The molecule has 3 aliphatic rings. The number of likely N-dealkylation sites (tertiary alicyclic amines) is 1. The number of allylic oxidation sites excluding steroid dienone is 1. The van der Waals surface area contributed by atoms with Gasteiger partial charge in [-0.15, -0.1) is 0 Å². The Morgan fingerprint density at radius 3 is 2.19 bits per heavy atom. The van der Waals surface area contributed by atoms with Gasteiger partial charge in [-0.25, -0.2) is 9.18 Å². The number of benzene rings is 2. The van der Waals surface area contributed by atoms with E-state index in [0.717, 1.165) is 13.1 Å². The van der Waals surface area contributed by atoms with Gasteiger partial charge >= 0.3 is 5.97 Å². The highest BCUT2D eigenvalue weighted by Crippen LogP contribution is 2.26. The lowest BCUT2D eigenvalue weighted by Crippen LogP contribution is -2.55. The van der Waals surface area contributed by atoms with E-state index >= 15 is 0 Å². The summed E-state index contributed by atoms with van der Waals surface area (Å²) in [6.45, 7) is 4.52. The lowest BCUT2D eigenvalue weighted by Gasteiger charge is -2.42. The highest BCUT2D eigenvalue weighted by atomic mass is 19.1. The lowest BCUT2D eigenvalue weighted by atomic mass is 9.98. The van der Waals surface area contributed by atoms with Crippen molar-refractivity contribution in [3.05, 3.63) is 95.5 Å². The van der Waals surface area contributed by atoms with Crippen LogP contribution in [0.4, 0.5) is 4.39 Å². The highest BCUT2D eigenvalue weighted by molar-refractivity contribution is 5.94. The molecule has 1 amide bonds. The molecule has 2 unspecified atom stereocenters. The SMILES string of the molecule is O=C(OC1C=CC(N2CCCCC2)=CC1N1CCN(C(=O)c2ccc(F)cc2)CC1)c1ccccc1. The van der Waals surface area contributed by atoms with Crippen LogP contribution in [0.5, 0.6) is 0 Å². The van der Waals surface area contributed by atoms with Crippen LogP contribution in [0.3, 0.4) is 0 Å². The molecule has 36 heavy (non-hydrogen) atoms. The number of carbonyl (C=O) groups is 2. The second kappa shape index (κ2) is 11.1. The van der Waals surface area contributed by atoms with Crippen LogP contribution in [0.1, 0.15) is 40.0 Å². The van der Waals surface area contributed by atoms with E-state index in [-0.39, 0.29) is 23.7 Å². The van der Waals surface area contributed by atoms with E-state index in [1.165, 1.54) is 49.2 Å². The zero-order chi connectivity index (χ0) is 24.9. The number of nitrogens with zero attached hydrogens (tertiary/aromatic N) is 3. The molecule has 0 N–H and O–H groups in total. The summed E-state index contributed by atoms with van der Waals surface area (Å²) in [6.07, 6.45) is 9.54. The van der Waals surface area contributed by atoms with Crippen LogP contribution in [0.15, 0.2) is 78.5 Å². The summed E-state index contributed by atoms with van der Waals surface area (Å²) in [5.74, 6) is -0.779. The fourth-order valence-electron chi connectivity index (χ4n) is 5.18. The van der Waals surface area contributed by atoms with Gasteiger partial charge in [0.1, 0.15) is 11.9 Å². The van der Waals surface area contributed by atoms with Crippen molar-refractivity contribution in [3.8, 4) is 0 Å². The maximum Gasteiger partial charge on any atom is 0.338 e. The Hall–Kier alpha value is -3.45. The van der Waals surface area contributed by atoms with Gasteiger partial charge in [0.25, 0.3) is 5.91 Å². The molecule has 2 aliphatic heterocycles. The van der Waals surface area contributed by atoms with Crippen molar-refractivity contribution in [2.75, 3.05) is 39.3 Å². The minimum Gasteiger partial charge on any atom is -0.452 e. The van der Waals surface area contributed by atoms with Crippen LogP contribution in [-0.4, -0.2) is 78.0 Å². The number of rotatable bonds is 5. The molecule has 2 aromatic rings. The van der Waals surface area contributed by atoms with E-state index in [0.29, 0.717) is 37.3 Å². The van der Waals surface area contributed by atoms with Crippen LogP contribution >= 0.6 is 0 Å². The fourth-order valence-corrected chi connectivity index (χ4v) is 5.18. The number of piperazine rings is 1. The third kappa shape index (κ3) is 5.51. The van der Waals surface area contributed by atoms with Gasteiger partial charge in [-0.1, -0.05) is 18.2 Å². The first-order valence-corrected chi connectivity index (χ1v) is 12.8. The third-order valence-corrected chi connectivity index (χ3v) is 7.22. The Bertz CT molecular complexity index is 1120. The van der Waals surface area contributed by atoms with Crippen molar-refractivity contribution in [1.29, 1.82) is 0 Å². The molecule has 0 aromatic heterocycles. The molecule has 2 fully saturated rings. The zero-order valence-corrected chi connectivity index (χ0v) is 20.4. The van der Waals surface area contributed by atoms with Gasteiger partial charge in [-0.3, -0.25) is 9.69 Å². The summed E-state index contributed by atoms with van der Waals surface area (Å²) in [6, 6.07) is 14.6. The molecule has 0 bridgehead atoms. The average Bonchev–Trinajstić information content (AvgIpc) is 2.94. The van der Waals surface area contributed by atoms with E-state index in [9.17, 15) is 14.0 Å². The van der Waals surface area contributed by atoms with Crippen molar-refractivity contribution in [3.63, 3.8) is 0 Å². The number of carbonyl (C=O) groups excluding carboxylic acids is 2. The topological polar surface area (TPSA) is 53.1 Å². The minimum absolute atomic E-state index is 0.0882. The molecular weight excluding hydrogens is 457 g/mol. The second-order valence-electron chi connectivity index (χ2n) is 9.56. The number of hydrogen-bond acceptors (Lipinski definition) is 5. The number of hydrogen-bond donors (Lipinski definition) is 0. The van der Waals surface area contributed by atoms with Crippen LogP contribution < -0.4 is 0 Å². The van der Waals surface area contributed by atoms with Gasteiger partial charge in [-0.05, 0) is 73.9 Å². The number of halogens is 1. The average molecular weight is 490 g/mol. The monoisotopic (exact) mass is 489 g/mol. The zero-order valence-electron chi connectivity index (χ0n) is 20.4. The Morgan fingerprint density at radius 2 is 1.50 bits per heavy atom. The van der Waals surface area contributed by atoms with Gasteiger partial charge < -0.3 is 14.5 Å². The highest BCUT2D eigenvalue weighted by Gasteiger charge is 2.34. The quantitative estimate of drug-likeness (QED) is 0.592. The first-order chi connectivity index (χ1) is 17.6. The van der Waals surface area contributed by atoms with E-state index in [1.54, 1.807) is 12.1 Å². The summed E-state index contributed by atoms with van der Waals surface area (Å²) in [4.78, 5) is 32.3. The molecule has 2 heterocycles. The molecule has 188 valence electrons. The third-order valence-electron chi connectivity index (χ3n) is 7.22. The number of piperidine rings is 1. The summed E-state index contributed by atoms with van der Waals surface area (Å²) in [7, 11) is 0. The summed E-state index contributed by atoms with van der Waals surface area (Å²) < 4.78 is 19.3. The molecule has 5 rings (SSSR count). The molecule has 6 nitrogen and oxygen atoms in total. The van der Waals surface area contributed by atoms with E-state index < -0.39 is 6.10 Å². The van der Waals surface area contributed by atoms with Crippen LogP contribution in [0, 0.1) is 5.82 Å². The largest absolute Gasteiger partial charge is 0.452 e. The molecule has 7 heteroatoms. The molecule has 2 aromatic carbocycles. The van der Waals surface area contributed by atoms with Gasteiger partial charge in [-0.2, -0.15) is 0 Å². The Balaban J connectivity index is 1.30. The molecule has 0 radical (unpaired) electrons. The van der Waals surface area contributed by atoms with E-state index in [4.69, 9.17) is 4.74 Å². The van der Waals surface area contributed by atoms with Gasteiger partial charge in [0.05, 0.1) is 11.6 Å². The molecule has 2 atom stereocenters. The van der Waals surface area contributed by atoms with Crippen molar-refractivity contribution < 1.29 is 18.7 Å². The number of esters is 1. The Kier molecular flexibility index (Phi) is 7.47. The first-order valence-electron chi connectivity index (χ1n) is 12.8. The maximum atomic E-state index is 13.3. The van der Waals surface area contributed by atoms with Crippen molar-refractivity contribution in [1.82, 2.24) is 14.7 Å². The predicted octanol–water partition coefficient (Wildman–Crippen LogP) is 4.12. The second-order valence-corrected chi connectivity index (χ2v) is 9.56. The molecule has 0 spiro atoms. The van der Waals surface area contributed by atoms with Crippen LogP contribution in [0.2, 0.25) is 0 Å². The van der Waals surface area contributed by atoms with E-state index in [2.05, 4.69) is 22.0 Å². The normalized spacial score (nSPS) is 22.8. The van der Waals surface area contributed by atoms with Crippen LogP contribution in [-0.2, 0) is 4.74 Å². The standard InChI is InChI=1S/C29H32FN3O3/c30-24-11-9-22(10-12-24)28(34)33-19-17-32(18-20-33)26-21-25(31-15-5-2-6-16-31)13-14-27(26)36-29(35)23-7-3-1-4-8-23/h1,3-4,7-14,21,26-27H,2,5-6,15-20H2. The number of amides is 1. The summed E-state index contributed by atoms with van der Waals surface area (Å²) in [5.41, 5.74) is 2.20. The van der Waals surface area contributed by atoms with Crippen molar-refractivity contribution >= 4 is 11.9 Å². The van der Waals surface area contributed by atoms with Crippen molar-refractivity contribution in [2.24, 2.45) is 0 Å². The molecule has 2 saturated heterocycles. The summed E-state index contributed by atoms with van der Waals surface area (Å²) in [5, 5.41) is 0. The summed E-state index contributed by atoms with van der Waals surface area (Å²) >= 11 is 0. The molecule has 1 aliphatic carbocycles. The maximum absolute atomic E-state index is 13.3. The van der Waals surface area contributed by atoms with Gasteiger partial charge in [0.15, 0.2) is 0 Å². The fraction of sp³-hybridized carbons (Fsp3) is 0.379. The first kappa shape index (κ1) is 24.3. The van der Waals surface area contributed by atoms with Gasteiger partial charge in [0.2, 0.25) is 0 Å². The lowest BCUT2D eigenvalue weighted by molar-refractivity contribution is 0.0124. The number of ether oxygens (including phenoxy) is 1. The van der Waals surface area contributed by atoms with Crippen molar-refractivity contribution in [2.45, 2.75) is 31.4 Å². The molecular formula is C29H32FN3O3.